The average molecular weight is 613 g/mol. The first-order valence-corrected chi connectivity index (χ1v) is 15.6. The number of halogens is 1. The van der Waals surface area contributed by atoms with Crippen molar-refractivity contribution >= 4 is 43.4 Å². The molecule has 0 bridgehead atoms. The minimum absolute atomic E-state index is 0.128. The fraction of sp³-hybridized carbons (Fsp3) is 0.194. The number of sulfone groups is 1. The highest BCUT2D eigenvalue weighted by Gasteiger charge is 2.23. The molecule has 0 aliphatic heterocycles. The van der Waals surface area contributed by atoms with E-state index in [1.165, 1.54) is 6.07 Å². The van der Waals surface area contributed by atoms with Gasteiger partial charge in [0.2, 0.25) is 5.91 Å². The average Bonchev–Trinajstić information content (AvgIpc) is 3.59. The van der Waals surface area contributed by atoms with Crippen molar-refractivity contribution in [2.24, 2.45) is 11.1 Å². The fourth-order valence-electron chi connectivity index (χ4n) is 4.83. The lowest BCUT2D eigenvalue weighted by Gasteiger charge is -2.17. The van der Waals surface area contributed by atoms with Crippen LogP contribution in [-0.2, 0) is 14.6 Å². The number of carbonyl (C=O) groups is 1. The Hall–Kier alpha value is -5.01. The maximum Gasteiger partial charge on any atom is 0.229 e. The Balaban J connectivity index is 1.40. The van der Waals surface area contributed by atoms with Crippen LogP contribution in [-0.4, -0.2) is 50.7 Å². The molecular weight excluding hydrogens is 583 g/mol. The highest BCUT2D eigenvalue weighted by Crippen LogP contribution is 2.35. The topological polar surface area (TPSA) is 172 Å². The molecule has 0 aliphatic carbocycles. The molecule has 224 valence electrons. The van der Waals surface area contributed by atoms with Crippen LogP contribution in [0.1, 0.15) is 31.7 Å². The number of amides is 1. The third-order valence-corrected chi connectivity index (χ3v) is 8.42. The smallest absolute Gasteiger partial charge is 0.229 e. The Morgan fingerprint density at radius 1 is 1.00 bits per heavy atom. The first-order chi connectivity index (χ1) is 20.8. The van der Waals surface area contributed by atoms with Gasteiger partial charge in [-0.3, -0.25) is 19.9 Å². The zero-order chi connectivity index (χ0) is 31.4. The predicted octanol–water partition coefficient (Wildman–Crippen LogP) is 5.36. The molecule has 44 heavy (non-hydrogen) atoms. The van der Waals surface area contributed by atoms with E-state index in [2.05, 4.69) is 35.5 Å². The number of hydrogen-bond acceptors (Lipinski definition) is 8. The van der Waals surface area contributed by atoms with Gasteiger partial charge in [-0.1, -0.05) is 20.8 Å². The summed E-state index contributed by atoms with van der Waals surface area (Å²) in [5.74, 6) is -0.733. The molecule has 0 fully saturated rings. The van der Waals surface area contributed by atoms with Gasteiger partial charge >= 0.3 is 0 Å². The number of nitrogens with two attached hydrogens (primary N) is 1. The first kappa shape index (κ1) is 29.1. The minimum Gasteiger partial charge on any atom is -0.338 e. The number of benzene rings is 1. The van der Waals surface area contributed by atoms with Gasteiger partial charge in [0.15, 0.2) is 9.84 Å². The Morgan fingerprint density at radius 2 is 1.80 bits per heavy atom. The van der Waals surface area contributed by atoms with Crippen molar-refractivity contribution < 1.29 is 17.6 Å². The molecule has 0 aliphatic rings. The molecule has 0 saturated carbocycles. The monoisotopic (exact) mass is 612 g/mol. The van der Waals surface area contributed by atoms with E-state index in [9.17, 15) is 17.6 Å². The van der Waals surface area contributed by atoms with Crippen molar-refractivity contribution in [3.63, 3.8) is 0 Å². The summed E-state index contributed by atoms with van der Waals surface area (Å²) < 4.78 is 38.8. The molecule has 1 atom stereocenters. The molecule has 1 amide bonds. The molecule has 6 aromatic rings. The van der Waals surface area contributed by atoms with Crippen LogP contribution >= 0.6 is 0 Å². The van der Waals surface area contributed by atoms with Gasteiger partial charge in [-0.25, -0.2) is 17.8 Å². The van der Waals surface area contributed by atoms with E-state index in [0.717, 1.165) is 17.7 Å². The van der Waals surface area contributed by atoms with Crippen LogP contribution in [0.25, 0.3) is 55.7 Å². The van der Waals surface area contributed by atoms with Crippen LogP contribution in [0.5, 0.6) is 0 Å². The van der Waals surface area contributed by atoms with Gasteiger partial charge in [-0.15, -0.1) is 0 Å². The number of nitrogens with one attached hydrogen (secondary N) is 3. The number of nitrogens with zero attached hydrogens (tertiary/aromatic N) is 4. The van der Waals surface area contributed by atoms with E-state index < -0.39 is 26.4 Å². The maximum absolute atomic E-state index is 14.7. The van der Waals surface area contributed by atoms with Crippen molar-refractivity contribution in [3.05, 3.63) is 78.6 Å². The molecular formula is C31H29FN8O3S. The standard InChI is InChI=1S/C31H29FN8O3S/c1-31(2,3)30(41)37-20-10-18(13-34-14-20)24-12-23-26(15-36-24)39-40-27(23)25-11-22-21(5-6-35-29(22)38-25)16-7-17(9-19(32)8-16)28(33)44(4,42)43/h5-15,28H,33H2,1-4H3,(H,35,38)(H,37,41)(H,39,40). The largest absolute Gasteiger partial charge is 0.338 e. The molecule has 0 radical (unpaired) electrons. The molecule has 0 spiro atoms. The number of aromatic nitrogens is 6. The zero-order valence-corrected chi connectivity index (χ0v) is 25.1. The van der Waals surface area contributed by atoms with Gasteiger partial charge in [0.05, 0.1) is 35.0 Å². The number of aromatic amines is 2. The number of rotatable bonds is 6. The van der Waals surface area contributed by atoms with Gasteiger partial charge < -0.3 is 16.0 Å². The Kier molecular flexibility index (Phi) is 7.01. The molecule has 6 rings (SSSR count). The van der Waals surface area contributed by atoms with Crippen molar-refractivity contribution in [3.8, 4) is 33.8 Å². The molecule has 1 aromatic carbocycles. The second kappa shape index (κ2) is 10.6. The number of pyridine rings is 3. The maximum atomic E-state index is 14.7. The van der Waals surface area contributed by atoms with Gasteiger partial charge in [-0.05, 0) is 59.2 Å². The van der Waals surface area contributed by atoms with Crippen molar-refractivity contribution in [2.75, 3.05) is 11.6 Å². The summed E-state index contributed by atoms with van der Waals surface area (Å²) in [6.45, 7) is 5.51. The first-order valence-electron chi connectivity index (χ1n) is 13.6. The quantitative estimate of drug-likeness (QED) is 0.195. The van der Waals surface area contributed by atoms with Crippen LogP contribution in [0.2, 0.25) is 0 Å². The van der Waals surface area contributed by atoms with Gasteiger partial charge in [-0.2, -0.15) is 5.10 Å². The van der Waals surface area contributed by atoms with Crippen LogP contribution < -0.4 is 11.1 Å². The summed E-state index contributed by atoms with van der Waals surface area (Å²) in [4.78, 5) is 29.1. The number of anilines is 1. The van der Waals surface area contributed by atoms with Gasteiger partial charge in [0, 0.05) is 40.4 Å². The number of hydrogen-bond donors (Lipinski definition) is 4. The van der Waals surface area contributed by atoms with E-state index in [1.54, 1.807) is 36.9 Å². The summed E-state index contributed by atoms with van der Waals surface area (Å²) >= 11 is 0. The highest BCUT2D eigenvalue weighted by atomic mass is 32.2. The zero-order valence-electron chi connectivity index (χ0n) is 24.3. The molecule has 5 N–H and O–H groups in total. The molecule has 13 heteroatoms. The van der Waals surface area contributed by atoms with E-state index in [0.29, 0.717) is 56.0 Å². The van der Waals surface area contributed by atoms with Crippen LogP contribution in [0, 0.1) is 11.2 Å². The van der Waals surface area contributed by atoms with Gasteiger partial charge in [0.1, 0.15) is 22.5 Å². The second-order valence-corrected chi connectivity index (χ2v) is 13.8. The summed E-state index contributed by atoms with van der Waals surface area (Å²) in [6, 6.07) is 11.3. The third-order valence-electron chi connectivity index (χ3n) is 7.23. The SMILES string of the molecule is CC(C)(C)C(=O)Nc1cncc(-c2cc3c(-c4cc5c(-c6cc(F)cc(C(N)S(C)(=O)=O)c6)ccnc5[nH]4)n[nH]c3cn2)c1. The third kappa shape index (κ3) is 5.54. The van der Waals surface area contributed by atoms with Gasteiger partial charge in [0.25, 0.3) is 0 Å². The van der Waals surface area contributed by atoms with E-state index >= 15 is 0 Å². The Labute approximate surface area is 252 Å². The number of H-pyrrole nitrogens is 2. The van der Waals surface area contributed by atoms with E-state index in [-0.39, 0.29) is 11.5 Å². The van der Waals surface area contributed by atoms with Crippen molar-refractivity contribution in [1.82, 2.24) is 30.1 Å². The summed E-state index contributed by atoms with van der Waals surface area (Å²) in [7, 11) is -3.64. The lowest BCUT2D eigenvalue weighted by atomic mass is 9.95. The normalized spacial score (nSPS) is 13.0. The summed E-state index contributed by atoms with van der Waals surface area (Å²) in [5.41, 5.74) is 11.0. The van der Waals surface area contributed by atoms with Crippen molar-refractivity contribution in [2.45, 2.75) is 26.1 Å². The van der Waals surface area contributed by atoms with E-state index in [4.69, 9.17) is 5.73 Å². The Bertz CT molecular complexity index is 2180. The highest BCUT2D eigenvalue weighted by molar-refractivity contribution is 7.90. The van der Waals surface area contributed by atoms with Crippen LogP contribution in [0.3, 0.4) is 0 Å². The van der Waals surface area contributed by atoms with Crippen LogP contribution in [0.4, 0.5) is 10.1 Å². The molecule has 5 heterocycles. The summed E-state index contributed by atoms with van der Waals surface area (Å²) in [5, 5.41) is 10.5. The number of carbonyl (C=O) groups excluding carboxylic acids is 1. The number of fused-ring (bicyclic) bond motifs is 2. The lowest BCUT2D eigenvalue weighted by molar-refractivity contribution is -0.123. The van der Waals surface area contributed by atoms with E-state index in [1.807, 2.05) is 39.0 Å². The molecule has 0 saturated heterocycles. The molecule has 11 nitrogen and oxygen atoms in total. The fourth-order valence-corrected chi connectivity index (χ4v) is 5.46. The van der Waals surface area contributed by atoms with Crippen LogP contribution in [0.15, 0.2) is 67.3 Å². The minimum atomic E-state index is -3.64. The Morgan fingerprint density at radius 3 is 2.55 bits per heavy atom. The summed E-state index contributed by atoms with van der Waals surface area (Å²) in [6.07, 6.45) is 7.52. The molecule has 1 unspecified atom stereocenters. The van der Waals surface area contributed by atoms with Crippen molar-refractivity contribution in [1.29, 1.82) is 0 Å². The molecule has 5 aromatic heterocycles. The predicted molar refractivity (Wildman–Crippen MR) is 167 cm³/mol. The second-order valence-electron chi connectivity index (χ2n) is 11.7. The lowest BCUT2D eigenvalue weighted by Crippen LogP contribution is -2.27.